The number of aromatic hydroxyl groups is 1. The van der Waals surface area contributed by atoms with Crippen LogP contribution in [0.4, 0.5) is 0 Å². The summed E-state index contributed by atoms with van der Waals surface area (Å²) < 4.78 is 0. The zero-order chi connectivity index (χ0) is 20.4. The summed E-state index contributed by atoms with van der Waals surface area (Å²) in [5.41, 5.74) is 2.09. The van der Waals surface area contributed by atoms with Gasteiger partial charge in [-0.2, -0.15) is 0 Å². The van der Waals surface area contributed by atoms with Crippen molar-refractivity contribution in [3.05, 3.63) is 29.8 Å². The highest BCUT2D eigenvalue weighted by Crippen LogP contribution is 2.68. The highest BCUT2D eigenvalue weighted by Gasteiger charge is 2.60. The van der Waals surface area contributed by atoms with E-state index in [0.29, 0.717) is 28.8 Å². The van der Waals surface area contributed by atoms with Gasteiger partial charge in [0.05, 0.1) is 0 Å². The Labute approximate surface area is 176 Å². The number of fused-ring (bicyclic) bond motifs is 5. The van der Waals surface area contributed by atoms with E-state index in [-0.39, 0.29) is 5.41 Å². The quantitative estimate of drug-likeness (QED) is 0.604. The van der Waals surface area contributed by atoms with Crippen LogP contribution < -0.4 is 0 Å². The van der Waals surface area contributed by atoms with Gasteiger partial charge in [0.2, 0.25) is 0 Å². The maximum Gasteiger partial charge on any atom is 0.133 e. The largest absolute Gasteiger partial charge is 0.508 e. The third kappa shape index (κ3) is 2.92. The second-order valence-corrected chi connectivity index (χ2v) is 11.5. The van der Waals surface area contributed by atoms with Crippen molar-refractivity contribution >= 4 is 5.78 Å². The minimum Gasteiger partial charge on any atom is -0.508 e. The molecule has 4 aliphatic carbocycles. The Morgan fingerprint density at radius 2 is 1.72 bits per heavy atom. The normalized spacial score (nSPS) is 46.4. The molecule has 0 radical (unpaired) electrons. The van der Waals surface area contributed by atoms with Gasteiger partial charge in [0, 0.05) is 5.92 Å². The van der Waals surface area contributed by atoms with Crippen molar-refractivity contribution in [2.75, 3.05) is 0 Å². The molecule has 2 unspecified atom stereocenters. The maximum absolute atomic E-state index is 12.3. The van der Waals surface area contributed by atoms with E-state index in [4.69, 9.17) is 0 Å². The van der Waals surface area contributed by atoms with Gasteiger partial charge in [-0.15, -0.1) is 0 Å². The maximum atomic E-state index is 12.3. The van der Waals surface area contributed by atoms with Crippen LogP contribution in [0.25, 0.3) is 0 Å². The lowest BCUT2D eigenvalue weighted by Gasteiger charge is -2.61. The first-order valence-corrected chi connectivity index (χ1v) is 12.1. The van der Waals surface area contributed by atoms with Crippen LogP contribution in [-0.2, 0) is 4.79 Å². The predicted molar refractivity (Wildman–Crippen MR) is 117 cm³/mol. The lowest BCUT2D eigenvalue weighted by Crippen LogP contribution is -2.53. The minimum absolute atomic E-state index is 0.273. The number of phenolic OH excluding ortho intramolecular Hbond substituents is 1. The van der Waals surface area contributed by atoms with Crippen LogP contribution in [-0.4, -0.2) is 10.9 Å². The summed E-state index contributed by atoms with van der Waals surface area (Å²) in [5.74, 6) is 5.08. The van der Waals surface area contributed by atoms with Crippen molar-refractivity contribution < 1.29 is 9.90 Å². The summed E-state index contributed by atoms with van der Waals surface area (Å²) in [6, 6.07) is 8.00. The first-order chi connectivity index (χ1) is 13.8. The van der Waals surface area contributed by atoms with E-state index in [1.165, 1.54) is 56.9 Å². The zero-order valence-electron chi connectivity index (χ0n) is 18.5. The third-order valence-electron chi connectivity index (χ3n) is 10.5. The number of hydrogen-bond acceptors (Lipinski definition) is 2. The first kappa shape index (κ1) is 19.6. The fourth-order valence-electron chi connectivity index (χ4n) is 9.01. The second kappa shape index (κ2) is 6.86. The average Bonchev–Trinajstić information content (AvgIpc) is 3.05. The van der Waals surface area contributed by atoms with Gasteiger partial charge in [-0.3, -0.25) is 4.79 Å². The molecule has 0 spiro atoms. The van der Waals surface area contributed by atoms with E-state index < -0.39 is 0 Å². The van der Waals surface area contributed by atoms with Gasteiger partial charge < -0.3 is 5.11 Å². The Bertz CT molecular complexity index is 799. The van der Waals surface area contributed by atoms with E-state index in [2.05, 4.69) is 19.9 Å². The van der Waals surface area contributed by atoms with E-state index in [9.17, 15) is 9.90 Å². The molecule has 0 aliphatic heterocycles. The number of phenols is 1. The van der Waals surface area contributed by atoms with Gasteiger partial charge in [0.25, 0.3) is 0 Å². The van der Waals surface area contributed by atoms with E-state index in [1.807, 2.05) is 19.1 Å². The fraction of sp³-hybridized carbons (Fsp3) is 0.741. The van der Waals surface area contributed by atoms with Crippen LogP contribution in [0.5, 0.6) is 5.75 Å². The highest BCUT2D eigenvalue weighted by molar-refractivity contribution is 5.79. The second-order valence-electron chi connectivity index (χ2n) is 11.5. The Kier molecular flexibility index (Phi) is 4.64. The summed E-state index contributed by atoms with van der Waals surface area (Å²) in [6.45, 7) is 6.92. The molecule has 0 saturated heterocycles. The van der Waals surface area contributed by atoms with Crippen LogP contribution in [0, 0.1) is 40.4 Å². The monoisotopic (exact) mass is 394 g/mol. The van der Waals surface area contributed by atoms with Gasteiger partial charge in [0.1, 0.15) is 11.5 Å². The number of Topliss-reactive ketones (excluding diaryl/α,β-unsaturated/α-hetero) is 1. The van der Waals surface area contributed by atoms with Crippen LogP contribution in [0.15, 0.2) is 24.3 Å². The van der Waals surface area contributed by atoms with Crippen molar-refractivity contribution in [1.82, 2.24) is 0 Å². The molecule has 1 aromatic rings. The molecule has 1 aromatic carbocycles. The molecule has 2 nitrogen and oxygen atoms in total. The summed E-state index contributed by atoms with van der Waals surface area (Å²) in [6.07, 6.45) is 11.7. The van der Waals surface area contributed by atoms with Crippen LogP contribution >= 0.6 is 0 Å². The van der Waals surface area contributed by atoms with Crippen LogP contribution in [0.3, 0.4) is 0 Å². The summed E-state index contributed by atoms with van der Waals surface area (Å²) in [7, 11) is 0. The van der Waals surface area contributed by atoms with E-state index >= 15 is 0 Å². The van der Waals surface area contributed by atoms with E-state index in [0.717, 1.165) is 30.1 Å². The van der Waals surface area contributed by atoms with Crippen molar-refractivity contribution in [1.29, 1.82) is 0 Å². The molecule has 0 aromatic heterocycles. The smallest absolute Gasteiger partial charge is 0.133 e. The lowest BCUT2D eigenvalue weighted by molar-refractivity contribution is -0.134. The van der Waals surface area contributed by atoms with Gasteiger partial charge in [-0.25, -0.2) is 0 Å². The van der Waals surface area contributed by atoms with E-state index in [1.54, 1.807) is 6.07 Å². The van der Waals surface area contributed by atoms with Crippen LogP contribution in [0.2, 0.25) is 0 Å². The number of benzene rings is 1. The van der Waals surface area contributed by atoms with Crippen LogP contribution in [0.1, 0.15) is 90.0 Å². The zero-order valence-corrected chi connectivity index (χ0v) is 18.5. The Hall–Kier alpha value is -1.31. The molecular weight excluding hydrogens is 356 g/mol. The topological polar surface area (TPSA) is 37.3 Å². The van der Waals surface area contributed by atoms with Crippen molar-refractivity contribution in [2.24, 2.45) is 40.4 Å². The molecule has 158 valence electrons. The number of carbonyl (C=O) groups excluding carboxylic acids is 1. The number of ketones is 1. The Balaban J connectivity index is 1.37. The summed E-state index contributed by atoms with van der Waals surface area (Å²) >= 11 is 0. The molecule has 8 atom stereocenters. The van der Waals surface area contributed by atoms with Crippen molar-refractivity contribution in [3.63, 3.8) is 0 Å². The van der Waals surface area contributed by atoms with Crippen molar-refractivity contribution in [3.8, 4) is 5.75 Å². The molecule has 1 N–H and O–H groups in total. The van der Waals surface area contributed by atoms with Gasteiger partial charge in [0.15, 0.2) is 0 Å². The van der Waals surface area contributed by atoms with Crippen molar-refractivity contribution in [2.45, 2.75) is 84.5 Å². The van der Waals surface area contributed by atoms with Gasteiger partial charge >= 0.3 is 0 Å². The molecule has 29 heavy (non-hydrogen) atoms. The molecular formula is C27H38O2. The first-order valence-electron chi connectivity index (χ1n) is 12.1. The van der Waals surface area contributed by atoms with Gasteiger partial charge in [-0.05, 0) is 123 Å². The molecule has 4 saturated carbocycles. The lowest BCUT2D eigenvalue weighted by atomic mass is 9.44. The molecule has 4 fully saturated rings. The predicted octanol–water partition coefficient (Wildman–Crippen LogP) is 6.72. The highest BCUT2D eigenvalue weighted by atomic mass is 16.3. The molecule has 2 heteroatoms. The standard InChI is InChI=1S/C27H38O2/c1-17(28)23-9-10-24-22-8-7-20-15-19(18-5-4-6-21(29)16-18)11-13-26(20,2)25(22)12-14-27(23,24)3/h4-6,16,19-20,22-25,29H,7-15H2,1-3H3/t19?,20?,22-,23+,24-,25-,26-,27+/m0/s1. The number of carbonyl (C=O) groups is 1. The molecule has 5 rings (SSSR count). The SMILES string of the molecule is CC(=O)[C@H]1CC[C@H]2[C@@H]3CCC4CC(c5cccc(O)c5)CC[C@]4(C)[C@H]3CC[C@]12C. The molecule has 0 bridgehead atoms. The Morgan fingerprint density at radius 1 is 0.966 bits per heavy atom. The number of hydrogen-bond donors (Lipinski definition) is 1. The minimum atomic E-state index is 0.273. The third-order valence-corrected chi connectivity index (χ3v) is 10.5. The summed E-state index contributed by atoms with van der Waals surface area (Å²) in [5, 5.41) is 9.93. The molecule has 0 heterocycles. The molecule has 4 aliphatic rings. The average molecular weight is 395 g/mol. The number of rotatable bonds is 2. The van der Waals surface area contributed by atoms with Gasteiger partial charge in [-0.1, -0.05) is 26.0 Å². The summed E-state index contributed by atoms with van der Waals surface area (Å²) in [4.78, 5) is 12.3. The fourth-order valence-corrected chi connectivity index (χ4v) is 9.01. The molecule has 0 amide bonds. The Morgan fingerprint density at radius 3 is 2.48 bits per heavy atom.